The van der Waals surface area contributed by atoms with Crippen molar-refractivity contribution in [2.75, 3.05) is 25.1 Å². The Morgan fingerprint density at radius 1 is 1.62 bits per heavy atom. The average Bonchev–Trinajstić information content (AvgIpc) is 2.78. The number of rotatable bonds is 3. The predicted octanol–water partition coefficient (Wildman–Crippen LogP) is 0.988. The Bertz CT molecular complexity index is 369. The third-order valence-corrected chi connectivity index (χ3v) is 2.76. The van der Waals surface area contributed by atoms with Gasteiger partial charge >= 0.3 is 5.97 Å². The number of aromatic carboxylic acids is 1. The zero-order chi connectivity index (χ0) is 11.5. The Kier molecular flexibility index (Phi) is 3.09. The minimum Gasteiger partial charge on any atom is -0.476 e. The van der Waals surface area contributed by atoms with Gasteiger partial charge in [0, 0.05) is 20.2 Å². The van der Waals surface area contributed by atoms with Crippen LogP contribution < -0.4 is 4.90 Å². The molecule has 16 heavy (non-hydrogen) atoms. The molecule has 6 heteroatoms. The number of oxazole rings is 1. The molecule has 88 valence electrons. The monoisotopic (exact) mass is 226 g/mol. The van der Waals surface area contributed by atoms with Gasteiger partial charge in [0.2, 0.25) is 0 Å². The number of hydrogen-bond acceptors (Lipinski definition) is 5. The standard InChI is InChI=1S/C10H14N2O4/c1-15-7-2-4-12(5-3-7)10-11-8(6-16-10)9(13)14/h6-7H,2-5H2,1H3,(H,13,14). The molecule has 0 amide bonds. The lowest BCUT2D eigenvalue weighted by Crippen LogP contribution is -2.36. The van der Waals surface area contributed by atoms with E-state index in [-0.39, 0.29) is 11.8 Å². The number of carboxylic acids is 1. The lowest BCUT2D eigenvalue weighted by molar-refractivity contribution is 0.0690. The molecule has 6 nitrogen and oxygen atoms in total. The highest BCUT2D eigenvalue weighted by molar-refractivity contribution is 5.85. The van der Waals surface area contributed by atoms with E-state index in [1.807, 2.05) is 4.90 Å². The molecule has 1 aliphatic heterocycles. The van der Waals surface area contributed by atoms with Gasteiger partial charge in [-0.1, -0.05) is 0 Å². The van der Waals surface area contributed by atoms with Crippen LogP contribution in [-0.4, -0.2) is 42.4 Å². The third kappa shape index (κ3) is 2.16. The molecule has 1 aliphatic rings. The van der Waals surface area contributed by atoms with Crippen molar-refractivity contribution in [3.05, 3.63) is 12.0 Å². The first-order chi connectivity index (χ1) is 7.70. The molecule has 0 radical (unpaired) electrons. The number of hydrogen-bond donors (Lipinski definition) is 1. The summed E-state index contributed by atoms with van der Waals surface area (Å²) in [6.07, 6.45) is 3.26. The molecule has 1 saturated heterocycles. The van der Waals surface area contributed by atoms with Crippen LogP contribution in [0.4, 0.5) is 6.01 Å². The topological polar surface area (TPSA) is 75.8 Å². The maximum atomic E-state index is 10.6. The Hall–Kier alpha value is -1.56. The first-order valence-corrected chi connectivity index (χ1v) is 5.17. The fraction of sp³-hybridized carbons (Fsp3) is 0.600. The molecule has 1 aromatic rings. The van der Waals surface area contributed by atoms with Crippen molar-refractivity contribution in [1.82, 2.24) is 4.98 Å². The summed E-state index contributed by atoms with van der Waals surface area (Å²) < 4.78 is 10.4. The van der Waals surface area contributed by atoms with Crippen LogP contribution in [0.1, 0.15) is 23.3 Å². The molecule has 0 spiro atoms. The van der Waals surface area contributed by atoms with E-state index in [4.69, 9.17) is 14.3 Å². The highest BCUT2D eigenvalue weighted by Gasteiger charge is 2.22. The van der Waals surface area contributed by atoms with Crippen LogP contribution in [0.15, 0.2) is 10.7 Å². The number of carboxylic acid groups (broad SMARTS) is 1. The van der Waals surface area contributed by atoms with Gasteiger partial charge < -0.3 is 19.2 Å². The summed E-state index contributed by atoms with van der Waals surface area (Å²) in [5.74, 6) is -1.07. The van der Waals surface area contributed by atoms with E-state index in [1.165, 1.54) is 6.26 Å². The van der Waals surface area contributed by atoms with Gasteiger partial charge in [-0.25, -0.2) is 4.79 Å². The number of anilines is 1. The Labute approximate surface area is 92.8 Å². The van der Waals surface area contributed by atoms with E-state index in [9.17, 15) is 4.79 Å². The zero-order valence-electron chi connectivity index (χ0n) is 9.05. The molecule has 0 aromatic carbocycles. The van der Waals surface area contributed by atoms with Gasteiger partial charge in [0.1, 0.15) is 6.26 Å². The summed E-state index contributed by atoms with van der Waals surface area (Å²) in [5, 5.41) is 8.72. The van der Waals surface area contributed by atoms with Crippen LogP contribution in [0, 0.1) is 0 Å². The summed E-state index contributed by atoms with van der Waals surface area (Å²) >= 11 is 0. The molecule has 1 fully saturated rings. The summed E-state index contributed by atoms with van der Waals surface area (Å²) in [6, 6.07) is 0.381. The van der Waals surface area contributed by atoms with Crippen LogP contribution in [0.3, 0.4) is 0 Å². The lowest BCUT2D eigenvalue weighted by Gasteiger charge is -2.29. The summed E-state index contributed by atoms with van der Waals surface area (Å²) in [7, 11) is 1.70. The van der Waals surface area contributed by atoms with E-state index >= 15 is 0 Å². The SMILES string of the molecule is COC1CCN(c2nc(C(=O)O)co2)CC1. The fourth-order valence-corrected chi connectivity index (χ4v) is 1.79. The first-order valence-electron chi connectivity index (χ1n) is 5.17. The van der Waals surface area contributed by atoms with Gasteiger partial charge in [-0.3, -0.25) is 0 Å². The van der Waals surface area contributed by atoms with E-state index in [1.54, 1.807) is 7.11 Å². The molecule has 0 saturated carbocycles. The molecule has 0 unspecified atom stereocenters. The van der Waals surface area contributed by atoms with Gasteiger partial charge in [0.25, 0.3) is 6.01 Å². The summed E-state index contributed by atoms with van der Waals surface area (Å²) in [6.45, 7) is 1.55. The Balaban J connectivity index is 2.00. The maximum Gasteiger partial charge on any atom is 0.357 e. The highest BCUT2D eigenvalue weighted by Crippen LogP contribution is 2.20. The van der Waals surface area contributed by atoms with Crippen molar-refractivity contribution in [3.8, 4) is 0 Å². The summed E-state index contributed by atoms with van der Waals surface area (Å²) in [5.41, 5.74) is -0.0520. The smallest absolute Gasteiger partial charge is 0.357 e. The van der Waals surface area contributed by atoms with Crippen molar-refractivity contribution in [1.29, 1.82) is 0 Å². The maximum absolute atomic E-state index is 10.6. The molecule has 0 atom stereocenters. The minimum absolute atomic E-state index is 0.0520. The minimum atomic E-state index is -1.07. The van der Waals surface area contributed by atoms with Crippen molar-refractivity contribution in [2.24, 2.45) is 0 Å². The van der Waals surface area contributed by atoms with E-state index in [0.717, 1.165) is 25.9 Å². The van der Waals surface area contributed by atoms with E-state index in [0.29, 0.717) is 6.01 Å². The average molecular weight is 226 g/mol. The van der Waals surface area contributed by atoms with Crippen LogP contribution in [0.5, 0.6) is 0 Å². The van der Waals surface area contributed by atoms with Crippen LogP contribution >= 0.6 is 0 Å². The highest BCUT2D eigenvalue weighted by atomic mass is 16.5. The second-order valence-electron chi connectivity index (χ2n) is 3.74. The predicted molar refractivity (Wildman–Crippen MR) is 55.7 cm³/mol. The van der Waals surface area contributed by atoms with Crippen molar-refractivity contribution < 1.29 is 19.1 Å². The van der Waals surface area contributed by atoms with Gasteiger partial charge in [-0.05, 0) is 12.8 Å². The number of nitrogens with zero attached hydrogens (tertiary/aromatic N) is 2. The van der Waals surface area contributed by atoms with Gasteiger partial charge in [0.15, 0.2) is 5.69 Å². The quantitative estimate of drug-likeness (QED) is 0.828. The van der Waals surface area contributed by atoms with E-state index < -0.39 is 5.97 Å². The van der Waals surface area contributed by atoms with E-state index in [2.05, 4.69) is 4.98 Å². The molecule has 1 N–H and O–H groups in total. The number of piperidine rings is 1. The Morgan fingerprint density at radius 2 is 2.31 bits per heavy atom. The number of methoxy groups -OCH3 is 1. The largest absolute Gasteiger partial charge is 0.476 e. The van der Waals surface area contributed by atoms with Crippen LogP contribution in [0.2, 0.25) is 0 Å². The lowest BCUT2D eigenvalue weighted by atomic mass is 10.1. The van der Waals surface area contributed by atoms with Gasteiger partial charge in [-0.15, -0.1) is 0 Å². The van der Waals surface area contributed by atoms with Crippen molar-refractivity contribution in [2.45, 2.75) is 18.9 Å². The molecule has 1 aromatic heterocycles. The molecular formula is C10H14N2O4. The van der Waals surface area contributed by atoms with Crippen LogP contribution in [-0.2, 0) is 4.74 Å². The molecule has 0 bridgehead atoms. The molecular weight excluding hydrogens is 212 g/mol. The number of carbonyl (C=O) groups is 1. The molecule has 2 rings (SSSR count). The zero-order valence-corrected chi connectivity index (χ0v) is 9.05. The second kappa shape index (κ2) is 4.52. The number of ether oxygens (including phenoxy) is 1. The third-order valence-electron chi connectivity index (χ3n) is 2.76. The molecule has 0 aliphatic carbocycles. The summed E-state index contributed by atoms with van der Waals surface area (Å²) in [4.78, 5) is 16.5. The molecule has 2 heterocycles. The normalized spacial score (nSPS) is 17.7. The fourth-order valence-electron chi connectivity index (χ4n) is 1.79. The van der Waals surface area contributed by atoms with Crippen molar-refractivity contribution >= 4 is 12.0 Å². The van der Waals surface area contributed by atoms with Gasteiger partial charge in [0.05, 0.1) is 6.10 Å². The first kappa shape index (κ1) is 10.9. The Morgan fingerprint density at radius 3 is 2.81 bits per heavy atom. The number of aromatic nitrogens is 1. The van der Waals surface area contributed by atoms with Gasteiger partial charge in [-0.2, -0.15) is 4.98 Å². The second-order valence-corrected chi connectivity index (χ2v) is 3.74. The van der Waals surface area contributed by atoms with Crippen LogP contribution in [0.25, 0.3) is 0 Å². The van der Waals surface area contributed by atoms with Crippen molar-refractivity contribution in [3.63, 3.8) is 0 Å².